The summed E-state index contributed by atoms with van der Waals surface area (Å²) in [5.41, 5.74) is 1.54. The van der Waals surface area contributed by atoms with Crippen molar-refractivity contribution in [2.75, 3.05) is 4.90 Å². The lowest BCUT2D eigenvalue weighted by atomic mass is 10.00. The minimum Gasteiger partial charge on any atom is -0.503 e. The van der Waals surface area contributed by atoms with Crippen molar-refractivity contribution in [3.63, 3.8) is 0 Å². The molecule has 0 saturated heterocycles. The number of amides is 1. The summed E-state index contributed by atoms with van der Waals surface area (Å²) in [7, 11) is 0. The molecule has 1 aliphatic heterocycles. The highest BCUT2D eigenvalue weighted by Crippen LogP contribution is 2.45. The average Bonchev–Trinajstić information content (AvgIpc) is 3.61. The Morgan fingerprint density at radius 1 is 1.14 bits per heavy atom. The number of nitrogens with zero attached hydrogens (tertiary/aromatic N) is 4. The molecule has 0 aliphatic carbocycles. The maximum Gasteiger partial charge on any atom is 0.296 e. The Hall–Kier alpha value is -2.99. The van der Waals surface area contributed by atoms with E-state index in [1.54, 1.807) is 32.9 Å². The lowest BCUT2D eigenvalue weighted by molar-refractivity contribution is -0.117. The second-order valence-corrected chi connectivity index (χ2v) is 11.8. The number of hydrogen-bond donors (Lipinski definition) is 1. The summed E-state index contributed by atoms with van der Waals surface area (Å²) in [4.78, 5) is 32.8. The largest absolute Gasteiger partial charge is 0.503 e. The Morgan fingerprint density at radius 2 is 1.89 bits per heavy atom. The van der Waals surface area contributed by atoms with Gasteiger partial charge in [-0.25, -0.2) is 4.98 Å². The number of aryl methyl sites for hydroxylation is 3. The van der Waals surface area contributed by atoms with E-state index < -0.39 is 23.5 Å². The summed E-state index contributed by atoms with van der Waals surface area (Å²) < 4.78 is 6.46. The van der Waals surface area contributed by atoms with Crippen LogP contribution in [0.15, 0.2) is 56.5 Å². The van der Waals surface area contributed by atoms with Crippen molar-refractivity contribution in [2.45, 2.75) is 36.9 Å². The van der Waals surface area contributed by atoms with Crippen molar-refractivity contribution in [1.82, 2.24) is 15.2 Å². The molecule has 184 valence electrons. The van der Waals surface area contributed by atoms with Crippen LogP contribution in [0.2, 0.25) is 5.02 Å². The molecule has 1 N–H and O–H groups in total. The van der Waals surface area contributed by atoms with Crippen molar-refractivity contribution in [3.8, 4) is 0 Å². The minimum absolute atomic E-state index is 0.0633. The van der Waals surface area contributed by atoms with E-state index in [-0.39, 0.29) is 10.7 Å². The number of ketones is 1. The topological polar surface area (TPSA) is 109 Å². The summed E-state index contributed by atoms with van der Waals surface area (Å²) in [5.74, 6) is -0.239. The zero-order valence-corrected chi connectivity index (χ0v) is 22.5. The Bertz CT molecular complexity index is 1510. The molecule has 5 rings (SSSR count). The van der Waals surface area contributed by atoms with Crippen molar-refractivity contribution >= 4 is 62.9 Å². The van der Waals surface area contributed by atoms with Gasteiger partial charge in [-0.05, 0) is 50.6 Å². The zero-order valence-electron chi connectivity index (χ0n) is 19.3. The van der Waals surface area contributed by atoms with Crippen LogP contribution >= 0.6 is 46.0 Å². The molecule has 0 radical (unpaired) electrons. The molecule has 12 heteroatoms. The van der Waals surface area contributed by atoms with Gasteiger partial charge in [0.1, 0.15) is 17.6 Å². The van der Waals surface area contributed by atoms with E-state index >= 15 is 0 Å². The van der Waals surface area contributed by atoms with Gasteiger partial charge in [0, 0.05) is 10.8 Å². The number of furan rings is 1. The number of Topliss-reactive ketones (excluding diaryl/α,β-unsaturated/α-hetero) is 1. The fourth-order valence-corrected chi connectivity index (χ4v) is 6.68. The van der Waals surface area contributed by atoms with Crippen LogP contribution < -0.4 is 4.90 Å². The Kier molecular flexibility index (Phi) is 6.73. The maximum absolute atomic E-state index is 13.6. The van der Waals surface area contributed by atoms with Gasteiger partial charge in [0.05, 0.1) is 21.2 Å². The second kappa shape index (κ2) is 9.81. The summed E-state index contributed by atoms with van der Waals surface area (Å²) >= 11 is 9.83. The van der Waals surface area contributed by atoms with Crippen LogP contribution in [-0.4, -0.2) is 32.0 Å². The van der Waals surface area contributed by atoms with Crippen LogP contribution in [0, 0.1) is 20.8 Å². The molecule has 1 unspecified atom stereocenters. The van der Waals surface area contributed by atoms with E-state index in [1.165, 1.54) is 39.3 Å². The molecule has 1 aromatic carbocycles. The number of thiazole rings is 1. The summed E-state index contributed by atoms with van der Waals surface area (Å²) in [6.07, 6.45) is 0. The van der Waals surface area contributed by atoms with E-state index in [9.17, 15) is 14.7 Å². The molecule has 4 aromatic rings. The van der Waals surface area contributed by atoms with Gasteiger partial charge < -0.3 is 9.52 Å². The molecule has 8 nitrogen and oxygen atoms in total. The molecule has 36 heavy (non-hydrogen) atoms. The molecule has 3 aromatic heterocycles. The van der Waals surface area contributed by atoms with E-state index in [1.807, 2.05) is 24.3 Å². The monoisotopic (exact) mass is 558 g/mol. The highest BCUT2D eigenvalue weighted by Gasteiger charge is 2.48. The Morgan fingerprint density at radius 3 is 2.53 bits per heavy atom. The molecule has 1 aliphatic rings. The number of anilines is 1. The highest BCUT2D eigenvalue weighted by molar-refractivity contribution is 8.00. The van der Waals surface area contributed by atoms with Gasteiger partial charge in [-0.1, -0.05) is 46.8 Å². The van der Waals surface area contributed by atoms with Crippen LogP contribution in [0.25, 0.3) is 0 Å². The third-order valence-electron chi connectivity index (χ3n) is 5.47. The third kappa shape index (κ3) is 4.59. The number of aromatic nitrogens is 3. The first-order chi connectivity index (χ1) is 17.2. The van der Waals surface area contributed by atoms with E-state index in [0.717, 1.165) is 5.56 Å². The number of hydrogen-bond acceptors (Lipinski definition) is 10. The highest BCUT2D eigenvalue weighted by atomic mass is 35.5. The van der Waals surface area contributed by atoms with Crippen LogP contribution in [0.5, 0.6) is 0 Å². The predicted molar refractivity (Wildman–Crippen MR) is 140 cm³/mol. The number of halogens is 1. The maximum atomic E-state index is 13.6. The fourth-order valence-electron chi connectivity index (χ4n) is 3.85. The van der Waals surface area contributed by atoms with Gasteiger partial charge in [0.2, 0.25) is 10.9 Å². The molecule has 0 spiro atoms. The van der Waals surface area contributed by atoms with Crippen LogP contribution in [-0.2, 0) is 10.5 Å². The number of rotatable bonds is 7. The van der Waals surface area contributed by atoms with Gasteiger partial charge in [0.15, 0.2) is 10.1 Å². The molecule has 4 heterocycles. The summed E-state index contributed by atoms with van der Waals surface area (Å²) in [6.45, 7) is 5.29. The van der Waals surface area contributed by atoms with E-state index in [2.05, 4.69) is 15.2 Å². The van der Waals surface area contributed by atoms with Crippen molar-refractivity contribution in [2.24, 2.45) is 0 Å². The SMILES string of the molecule is Cc1ccc(C2C(C(=O)c3sc(C)nc3C)=C(O)C(=O)N2c2nnc(SCc3ccc(Cl)cc3)s2)o1. The first kappa shape index (κ1) is 24.7. The van der Waals surface area contributed by atoms with Crippen molar-refractivity contribution in [1.29, 1.82) is 0 Å². The molecular formula is C24H19ClN4O4S3. The van der Waals surface area contributed by atoms with Crippen molar-refractivity contribution < 1.29 is 19.1 Å². The second-order valence-electron chi connectivity index (χ2n) is 8.03. The standard InChI is InChI=1S/C24H19ClN4O4S3/c1-11-4-9-16(33-11)18-17(19(30)21-12(2)26-13(3)35-21)20(31)22(32)29(18)23-27-28-24(36-23)34-10-14-5-7-15(25)8-6-14/h4-9,18,31H,10H2,1-3H3. The Labute approximate surface area is 223 Å². The summed E-state index contributed by atoms with van der Waals surface area (Å²) in [6, 6.07) is 9.95. The zero-order chi connectivity index (χ0) is 25.6. The first-order valence-corrected chi connectivity index (χ1v) is 13.7. The minimum atomic E-state index is -0.984. The van der Waals surface area contributed by atoms with E-state index in [4.69, 9.17) is 16.0 Å². The fraction of sp³-hybridized carbons (Fsp3) is 0.208. The van der Waals surface area contributed by atoms with Crippen molar-refractivity contribution in [3.05, 3.63) is 85.4 Å². The normalized spacial score (nSPS) is 15.8. The van der Waals surface area contributed by atoms with Crippen LogP contribution in [0.3, 0.4) is 0 Å². The summed E-state index contributed by atoms with van der Waals surface area (Å²) in [5, 5.41) is 21.0. The van der Waals surface area contributed by atoms with Gasteiger partial charge in [0.25, 0.3) is 5.91 Å². The molecule has 0 saturated carbocycles. The third-order valence-corrected chi connectivity index (χ3v) is 8.92. The number of aliphatic hydroxyl groups is 1. The average molecular weight is 559 g/mol. The number of aliphatic hydroxyl groups excluding tert-OH is 1. The van der Waals surface area contributed by atoms with Crippen LogP contribution in [0.1, 0.15) is 43.5 Å². The molecule has 0 bridgehead atoms. The molecule has 1 atom stereocenters. The number of thioether (sulfide) groups is 1. The number of carbonyl (C=O) groups excluding carboxylic acids is 2. The number of carbonyl (C=O) groups is 2. The quantitative estimate of drug-likeness (QED) is 0.161. The van der Waals surface area contributed by atoms with E-state index in [0.29, 0.717) is 42.2 Å². The van der Waals surface area contributed by atoms with Gasteiger partial charge in [-0.3, -0.25) is 14.5 Å². The van der Waals surface area contributed by atoms with Gasteiger partial charge in [-0.15, -0.1) is 21.5 Å². The molecule has 1 amide bonds. The van der Waals surface area contributed by atoms with Gasteiger partial charge in [-0.2, -0.15) is 0 Å². The Balaban J connectivity index is 1.48. The lowest BCUT2D eigenvalue weighted by Crippen LogP contribution is -2.30. The lowest BCUT2D eigenvalue weighted by Gasteiger charge is -2.21. The van der Waals surface area contributed by atoms with Crippen LogP contribution in [0.4, 0.5) is 5.13 Å². The molecule has 0 fully saturated rings. The smallest absolute Gasteiger partial charge is 0.296 e. The predicted octanol–water partition coefficient (Wildman–Crippen LogP) is 6.24. The first-order valence-electron chi connectivity index (χ1n) is 10.8. The number of benzene rings is 1. The molecular weight excluding hydrogens is 540 g/mol. The van der Waals surface area contributed by atoms with Gasteiger partial charge >= 0.3 is 0 Å².